The molecule has 3 N–H and O–H groups in total. The molecule has 1 unspecified atom stereocenters. The molecule has 2 aliphatic heterocycles. The van der Waals surface area contributed by atoms with Gasteiger partial charge in [-0.25, -0.2) is 0 Å². The van der Waals surface area contributed by atoms with E-state index in [1.54, 1.807) is 4.90 Å². The third kappa shape index (κ3) is 2.59. The standard InChI is InChI=1S/C25H23N5O2/c1-3-6-19-21-23(29-28-19)32-22(27)18(13-26)25(21)17-7-4-5-8-20(17)30(24(25)31)14-16-11-9-15(2)10-12-16/h4-5,7-12H,3,6,14,27H2,1-2H3,(H,28,29). The fourth-order valence-electron chi connectivity index (χ4n) is 4.82. The predicted molar refractivity (Wildman–Crippen MR) is 120 cm³/mol. The van der Waals surface area contributed by atoms with Crippen LogP contribution >= 0.6 is 0 Å². The van der Waals surface area contributed by atoms with Crippen LogP contribution in [0, 0.1) is 18.3 Å². The molecule has 160 valence electrons. The Morgan fingerprint density at radius 3 is 2.69 bits per heavy atom. The number of nitrogens with zero attached hydrogens (tertiary/aromatic N) is 3. The molecule has 0 aliphatic carbocycles. The van der Waals surface area contributed by atoms with E-state index in [9.17, 15) is 10.1 Å². The van der Waals surface area contributed by atoms with Crippen molar-refractivity contribution < 1.29 is 9.53 Å². The van der Waals surface area contributed by atoms with Gasteiger partial charge in [-0.05, 0) is 25.0 Å². The molecule has 5 rings (SSSR count). The SMILES string of the molecule is CCCc1[nH]nc2c1C1(C(=O)N(Cc3ccc(C)cc3)c3ccccc31)C(C#N)=C(N)O2. The molecule has 7 heteroatoms. The lowest BCUT2D eigenvalue weighted by Crippen LogP contribution is -2.46. The van der Waals surface area contributed by atoms with Crippen molar-refractivity contribution >= 4 is 11.6 Å². The van der Waals surface area contributed by atoms with Gasteiger partial charge in [-0.1, -0.05) is 61.4 Å². The molecule has 0 bridgehead atoms. The number of fused-ring (bicyclic) bond motifs is 4. The van der Waals surface area contributed by atoms with E-state index in [4.69, 9.17) is 10.5 Å². The van der Waals surface area contributed by atoms with Gasteiger partial charge in [0.25, 0.3) is 0 Å². The molecule has 2 aromatic carbocycles. The maximum atomic E-state index is 14.3. The monoisotopic (exact) mass is 425 g/mol. The number of aromatic nitrogens is 2. The number of carbonyl (C=O) groups is 1. The van der Waals surface area contributed by atoms with E-state index >= 15 is 0 Å². The molecule has 0 fully saturated rings. The molecule has 3 aromatic rings. The molecule has 1 spiro atoms. The van der Waals surface area contributed by atoms with Gasteiger partial charge in [-0.2, -0.15) is 5.26 Å². The summed E-state index contributed by atoms with van der Waals surface area (Å²) in [7, 11) is 0. The second-order valence-corrected chi connectivity index (χ2v) is 8.23. The number of benzene rings is 2. The molecular formula is C25H23N5O2. The molecule has 0 saturated carbocycles. The Hall–Kier alpha value is -4.05. The van der Waals surface area contributed by atoms with Crippen LogP contribution in [0.5, 0.6) is 5.88 Å². The number of amides is 1. The van der Waals surface area contributed by atoms with Crippen molar-refractivity contribution in [2.24, 2.45) is 5.73 Å². The van der Waals surface area contributed by atoms with E-state index in [0.29, 0.717) is 18.5 Å². The van der Waals surface area contributed by atoms with Gasteiger partial charge in [-0.15, -0.1) is 5.10 Å². The van der Waals surface area contributed by atoms with Crippen molar-refractivity contribution in [2.45, 2.75) is 38.6 Å². The first kappa shape index (κ1) is 19.9. The summed E-state index contributed by atoms with van der Waals surface area (Å²) in [5, 5.41) is 17.5. The van der Waals surface area contributed by atoms with Crippen molar-refractivity contribution in [1.29, 1.82) is 5.26 Å². The van der Waals surface area contributed by atoms with Crippen LogP contribution in [0.25, 0.3) is 0 Å². The third-order valence-electron chi connectivity index (χ3n) is 6.25. The van der Waals surface area contributed by atoms with Crippen LogP contribution in [0.2, 0.25) is 0 Å². The van der Waals surface area contributed by atoms with Crippen molar-refractivity contribution in [3.05, 3.63) is 87.9 Å². The van der Waals surface area contributed by atoms with Crippen LogP contribution in [-0.2, 0) is 23.2 Å². The largest absolute Gasteiger partial charge is 0.420 e. The summed E-state index contributed by atoms with van der Waals surface area (Å²) in [6.07, 6.45) is 1.51. The molecule has 1 amide bonds. The minimum atomic E-state index is -1.38. The number of ether oxygens (including phenoxy) is 1. The second-order valence-electron chi connectivity index (χ2n) is 8.23. The number of nitrogens with one attached hydrogen (secondary N) is 1. The van der Waals surface area contributed by atoms with E-state index < -0.39 is 5.41 Å². The molecule has 32 heavy (non-hydrogen) atoms. The van der Waals surface area contributed by atoms with E-state index in [-0.39, 0.29) is 23.2 Å². The van der Waals surface area contributed by atoms with Crippen molar-refractivity contribution in [2.75, 3.05) is 4.90 Å². The average Bonchev–Trinajstić information content (AvgIpc) is 3.29. The Morgan fingerprint density at radius 2 is 1.97 bits per heavy atom. The zero-order chi connectivity index (χ0) is 22.5. The van der Waals surface area contributed by atoms with Crippen molar-refractivity contribution in [1.82, 2.24) is 10.2 Å². The normalized spacial score (nSPS) is 19.0. The predicted octanol–water partition coefficient (Wildman–Crippen LogP) is 3.59. The highest BCUT2D eigenvalue weighted by Crippen LogP contribution is 2.56. The number of para-hydroxylation sites is 1. The van der Waals surface area contributed by atoms with Crippen LogP contribution in [0.3, 0.4) is 0 Å². The molecule has 7 nitrogen and oxygen atoms in total. The van der Waals surface area contributed by atoms with Crippen LogP contribution < -0.4 is 15.4 Å². The molecule has 0 saturated heterocycles. The zero-order valence-electron chi connectivity index (χ0n) is 18.0. The fourth-order valence-corrected chi connectivity index (χ4v) is 4.82. The van der Waals surface area contributed by atoms with Crippen LogP contribution in [0.1, 0.15) is 41.3 Å². The number of H-pyrrole nitrogens is 1. The highest BCUT2D eigenvalue weighted by molar-refractivity contribution is 6.14. The molecule has 2 aliphatic rings. The second kappa shape index (κ2) is 7.27. The van der Waals surface area contributed by atoms with Crippen LogP contribution in [0.15, 0.2) is 60.0 Å². The first-order valence-electron chi connectivity index (χ1n) is 10.6. The fraction of sp³-hybridized carbons (Fsp3) is 0.240. The number of rotatable bonds is 4. The highest BCUT2D eigenvalue weighted by Gasteiger charge is 2.60. The Morgan fingerprint density at radius 1 is 1.22 bits per heavy atom. The lowest BCUT2D eigenvalue weighted by molar-refractivity contribution is -0.121. The summed E-state index contributed by atoms with van der Waals surface area (Å²) in [5.74, 6) is -0.0535. The van der Waals surface area contributed by atoms with Gasteiger partial charge in [0.1, 0.15) is 17.1 Å². The van der Waals surface area contributed by atoms with Gasteiger partial charge >= 0.3 is 0 Å². The van der Waals surface area contributed by atoms with E-state index in [1.807, 2.05) is 62.4 Å². The quantitative estimate of drug-likeness (QED) is 0.664. The first-order chi connectivity index (χ1) is 15.5. The van der Waals surface area contributed by atoms with Crippen molar-refractivity contribution in [3.63, 3.8) is 0 Å². The lowest BCUT2D eigenvalue weighted by atomic mass is 9.68. The zero-order valence-corrected chi connectivity index (χ0v) is 18.0. The van der Waals surface area contributed by atoms with Crippen LogP contribution in [0.4, 0.5) is 5.69 Å². The number of hydrogen-bond acceptors (Lipinski definition) is 5. The van der Waals surface area contributed by atoms with Crippen LogP contribution in [-0.4, -0.2) is 16.1 Å². The van der Waals surface area contributed by atoms with Gasteiger partial charge in [-0.3, -0.25) is 9.89 Å². The topological polar surface area (TPSA) is 108 Å². The molecule has 0 radical (unpaired) electrons. The van der Waals surface area contributed by atoms with Crippen molar-refractivity contribution in [3.8, 4) is 11.9 Å². The number of anilines is 1. The summed E-state index contributed by atoms with van der Waals surface area (Å²) in [5.41, 5.74) is 9.91. The van der Waals surface area contributed by atoms with E-state index in [0.717, 1.165) is 34.5 Å². The van der Waals surface area contributed by atoms with Gasteiger partial charge in [0.05, 0.1) is 12.1 Å². The first-order valence-corrected chi connectivity index (χ1v) is 10.6. The number of carbonyl (C=O) groups excluding carboxylic acids is 1. The van der Waals surface area contributed by atoms with Gasteiger partial charge in [0, 0.05) is 16.9 Å². The Kier molecular flexibility index (Phi) is 4.52. The maximum Gasteiger partial charge on any atom is 0.248 e. The minimum Gasteiger partial charge on any atom is -0.420 e. The molecule has 1 aromatic heterocycles. The summed E-state index contributed by atoms with van der Waals surface area (Å²) in [4.78, 5) is 16.1. The number of aryl methyl sites for hydroxylation is 2. The average molecular weight is 425 g/mol. The Balaban J connectivity index is 1.77. The smallest absolute Gasteiger partial charge is 0.248 e. The van der Waals surface area contributed by atoms with E-state index in [1.165, 1.54) is 0 Å². The number of nitrogens with two attached hydrogens (primary N) is 1. The third-order valence-corrected chi connectivity index (χ3v) is 6.25. The molecule has 3 heterocycles. The molecule has 1 atom stereocenters. The van der Waals surface area contributed by atoms with Gasteiger partial charge in [0.15, 0.2) is 0 Å². The lowest BCUT2D eigenvalue weighted by Gasteiger charge is -2.32. The van der Waals surface area contributed by atoms with Gasteiger partial charge < -0.3 is 15.4 Å². The Bertz CT molecular complexity index is 1300. The summed E-state index contributed by atoms with van der Waals surface area (Å²) in [6.45, 7) is 4.46. The molecular weight excluding hydrogens is 402 g/mol. The highest BCUT2D eigenvalue weighted by atomic mass is 16.5. The van der Waals surface area contributed by atoms with E-state index in [2.05, 4.69) is 16.3 Å². The summed E-state index contributed by atoms with van der Waals surface area (Å²) < 4.78 is 5.70. The number of nitriles is 1. The Labute approximate surface area is 186 Å². The summed E-state index contributed by atoms with van der Waals surface area (Å²) in [6, 6.07) is 17.9. The maximum absolute atomic E-state index is 14.3. The number of aromatic amines is 1. The number of hydrogen-bond donors (Lipinski definition) is 2. The summed E-state index contributed by atoms with van der Waals surface area (Å²) >= 11 is 0. The van der Waals surface area contributed by atoms with Gasteiger partial charge in [0.2, 0.25) is 17.7 Å². The minimum absolute atomic E-state index is 0.0881.